The molecule has 2 aromatic rings. The number of carbonyl (C=O) groups is 1. The van der Waals surface area contributed by atoms with Crippen LogP contribution in [-0.2, 0) is 9.53 Å². The van der Waals surface area contributed by atoms with Crippen LogP contribution in [0.15, 0.2) is 29.7 Å². The van der Waals surface area contributed by atoms with Crippen LogP contribution in [0.4, 0.5) is 0 Å². The Morgan fingerprint density at radius 1 is 1.48 bits per heavy atom. The second-order valence-electron chi connectivity index (χ2n) is 5.01. The fourth-order valence-electron chi connectivity index (χ4n) is 2.16. The van der Waals surface area contributed by atoms with E-state index >= 15 is 0 Å². The number of hydrogen-bond acceptors (Lipinski definition) is 5. The van der Waals surface area contributed by atoms with Crippen molar-refractivity contribution in [3.63, 3.8) is 0 Å². The Bertz CT molecular complexity index is 689. The SMILES string of the molecule is Cc1ccc(-n2cnnc2SC2CC(C)OC2=O)cc1Cl. The third kappa shape index (κ3) is 2.91. The molecule has 1 aromatic heterocycles. The molecule has 2 heterocycles. The van der Waals surface area contributed by atoms with Crippen molar-refractivity contribution >= 4 is 29.3 Å². The van der Waals surface area contributed by atoms with Crippen LogP contribution in [0.2, 0.25) is 5.02 Å². The molecule has 0 bridgehead atoms. The van der Waals surface area contributed by atoms with Gasteiger partial charge in [0.1, 0.15) is 17.7 Å². The van der Waals surface area contributed by atoms with Gasteiger partial charge in [0.15, 0.2) is 5.16 Å². The number of aromatic nitrogens is 3. The van der Waals surface area contributed by atoms with Crippen molar-refractivity contribution in [2.24, 2.45) is 0 Å². The molecule has 2 unspecified atom stereocenters. The number of aryl methyl sites for hydroxylation is 1. The van der Waals surface area contributed by atoms with Gasteiger partial charge in [0.05, 0.1) is 5.69 Å². The maximum atomic E-state index is 11.7. The molecule has 0 aliphatic carbocycles. The third-order valence-corrected chi connectivity index (χ3v) is 4.89. The summed E-state index contributed by atoms with van der Waals surface area (Å²) in [6, 6.07) is 5.75. The number of halogens is 1. The highest BCUT2D eigenvalue weighted by molar-refractivity contribution is 8.00. The van der Waals surface area contributed by atoms with Gasteiger partial charge in [-0.15, -0.1) is 10.2 Å². The number of nitrogens with zero attached hydrogens (tertiary/aromatic N) is 3. The first-order valence-electron chi connectivity index (χ1n) is 6.58. The van der Waals surface area contributed by atoms with Crippen molar-refractivity contribution in [2.45, 2.75) is 36.8 Å². The summed E-state index contributed by atoms with van der Waals surface area (Å²) in [4.78, 5) is 11.7. The molecule has 2 atom stereocenters. The van der Waals surface area contributed by atoms with E-state index in [1.807, 2.05) is 36.6 Å². The molecule has 1 fully saturated rings. The number of ether oxygens (including phenoxy) is 1. The lowest BCUT2D eigenvalue weighted by Gasteiger charge is -2.09. The normalized spacial score (nSPS) is 21.6. The molecule has 7 heteroatoms. The van der Waals surface area contributed by atoms with Crippen LogP contribution >= 0.6 is 23.4 Å². The van der Waals surface area contributed by atoms with Gasteiger partial charge in [0, 0.05) is 11.4 Å². The summed E-state index contributed by atoms with van der Waals surface area (Å²) in [6.07, 6.45) is 2.26. The summed E-state index contributed by atoms with van der Waals surface area (Å²) in [5.74, 6) is -0.191. The zero-order valence-electron chi connectivity index (χ0n) is 11.6. The minimum Gasteiger partial charge on any atom is -0.462 e. The Labute approximate surface area is 131 Å². The molecular formula is C14H14ClN3O2S. The highest BCUT2D eigenvalue weighted by Gasteiger charge is 2.34. The minimum atomic E-state index is -0.233. The molecule has 0 N–H and O–H groups in total. The fraction of sp³-hybridized carbons (Fsp3) is 0.357. The highest BCUT2D eigenvalue weighted by Crippen LogP contribution is 2.32. The van der Waals surface area contributed by atoms with Crippen LogP contribution in [0.1, 0.15) is 18.9 Å². The van der Waals surface area contributed by atoms with Crippen molar-refractivity contribution < 1.29 is 9.53 Å². The van der Waals surface area contributed by atoms with E-state index in [4.69, 9.17) is 16.3 Å². The van der Waals surface area contributed by atoms with Crippen molar-refractivity contribution in [2.75, 3.05) is 0 Å². The number of carbonyl (C=O) groups excluding carboxylic acids is 1. The molecule has 21 heavy (non-hydrogen) atoms. The van der Waals surface area contributed by atoms with E-state index in [0.29, 0.717) is 16.6 Å². The summed E-state index contributed by atoms with van der Waals surface area (Å²) in [5, 5.41) is 9.14. The van der Waals surface area contributed by atoms with Crippen LogP contribution in [0, 0.1) is 6.92 Å². The number of thioether (sulfide) groups is 1. The number of esters is 1. The lowest BCUT2D eigenvalue weighted by atomic mass is 10.2. The summed E-state index contributed by atoms with van der Waals surface area (Å²) in [6.45, 7) is 3.84. The number of cyclic esters (lactones) is 1. The number of hydrogen-bond donors (Lipinski definition) is 0. The van der Waals surface area contributed by atoms with Gasteiger partial charge in [0.2, 0.25) is 0 Å². The molecular weight excluding hydrogens is 310 g/mol. The predicted molar refractivity (Wildman–Crippen MR) is 80.9 cm³/mol. The van der Waals surface area contributed by atoms with Crippen molar-refractivity contribution in [3.8, 4) is 5.69 Å². The molecule has 5 nitrogen and oxygen atoms in total. The number of benzene rings is 1. The molecule has 0 spiro atoms. The van der Waals surface area contributed by atoms with Gasteiger partial charge >= 0.3 is 5.97 Å². The Balaban J connectivity index is 1.87. The quantitative estimate of drug-likeness (QED) is 0.813. The molecule has 1 aromatic carbocycles. The first kappa shape index (κ1) is 14.4. The minimum absolute atomic E-state index is 0.0415. The molecule has 0 radical (unpaired) electrons. The predicted octanol–water partition coefficient (Wildman–Crippen LogP) is 3.03. The maximum Gasteiger partial charge on any atom is 0.319 e. The zero-order chi connectivity index (χ0) is 15.0. The summed E-state index contributed by atoms with van der Waals surface area (Å²) >= 11 is 7.53. The smallest absolute Gasteiger partial charge is 0.319 e. The standard InChI is InChI=1S/C14H14ClN3O2S/c1-8-3-4-10(6-11(8)15)18-7-16-17-14(18)21-12-5-9(2)20-13(12)19/h3-4,6-7,9,12H,5H2,1-2H3. The lowest BCUT2D eigenvalue weighted by molar-refractivity contribution is -0.140. The van der Waals surface area contributed by atoms with Gasteiger partial charge in [-0.3, -0.25) is 9.36 Å². The van der Waals surface area contributed by atoms with Crippen molar-refractivity contribution in [1.82, 2.24) is 14.8 Å². The second-order valence-corrected chi connectivity index (χ2v) is 6.58. The van der Waals surface area contributed by atoms with Crippen LogP contribution in [0.3, 0.4) is 0 Å². The summed E-state index contributed by atoms with van der Waals surface area (Å²) in [7, 11) is 0. The topological polar surface area (TPSA) is 57.0 Å². The van der Waals surface area contributed by atoms with Gasteiger partial charge in [-0.1, -0.05) is 29.4 Å². The molecule has 110 valence electrons. The van der Waals surface area contributed by atoms with E-state index in [1.54, 1.807) is 6.33 Å². The van der Waals surface area contributed by atoms with Gasteiger partial charge in [0.25, 0.3) is 0 Å². The van der Waals surface area contributed by atoms with Gasteiger partial charge in [-0.2, -0.15) is 0 Å². The van der Waals surface area contributed by atoms with Crippen LogP contribution in [0.5, 0.6) is 0 Å². The molecule has 0 amide bonds. The average molecular weight is 324 g/mol. The van der Waals surface area contributed by atoms with E-state index in [9.17, 15) is 4.79 Å². The summed E-state index contributed by atoms with van der Waals surface area (Å²) in [5.41, 5.74) is 1.88. The van der Waals surface area contributed by atoms with Crippen LogP contribution in [-0.4, -0.2) is 32.1 Å². The molecule has 1 aliphatic rings. The summed E-state index contributed by atoms with van der Waals surface area (Å²) < 4.78 is 6.99. The molecule has 3 rings (SSSR count). The second kappa shape index (κ2) is 5.69. The van der Waals surface area contributed by atoms with Gasteiger partial charge in [-0.25, -0.2) is 0 Å². The number of rotatable bonds is 3. The lowest BCUT2D eigenvalue weighted by Crippen LogP contribution is -2.10. The monoisotopic (exact) mass is 323 g/mol. The van der Waals surface area contributed by atoms with Crippen molar-refractivity contribution in [3.05, 3.63) is 35.1 Å². The Hall–Kier alpha value is -1.53. The van der Waals surface area contributed by atoms with E-state index < -0.39 is 0 Å². The van der Waals surface area contributed by atoms with Crippen LogP contribution < -0.4 is 0 Å². The molecule has 1 saturated heterocycles. The van der Waals surface area contributed by atoms with E-state index in [-0.39, 0.29) is 17.3 Å². The van der Waals surface area contributed by atoms with E-state index in [2.05, 4.69) is 10.2 Å². The Morgan fingerprint density at radius 3 is 2.95 bits per heavy atom. The first-order chi connectivity index (χ1) is 10.0. The van der Waals surface area contributed by atoms with E-state index in [1.165, 1.54) is 11.8 Å². The first-order valence-corrected chi connectivity index (χ1v) is 7.84. The largest absolute Gasteiger partial charge is 0.462 e. The maximum absolute atomic E-state index is 11.7. The van der Waals surface area contributed by atoms with Crippen LogP contribution in [0.25, 0.3) is 5.69 Å². The van der Waals surface area contributed by atoms with Gasteiger partial charge < -0.3 is 4.74 Å². The fourth-order valence-corrected chi connectivity index (χ4v) is 3.47. The molecule has 1 aliphatic heterocycles. The Morgan fingerprint density at radius 2 is 2.29 bits per heavy atom. The Kier molecular flexibility index (Phi) is 3.91. The van der Waals surface area contributed by atoms with Crippen molar-refractivity contribution in [1.29, 1.82) is 0 Å². The third-order valence-electron chi connectivity index (χ3n) is 3.32. The highest BCUT2D eigenvalue weighted by atomic mass is 35.5. The average Bonchev–Trinajstić information content (AvgIpc) is 3.01. The van der Waals surface area contributed by atoms with E-state index in [0.717, 1.165) is 11.3 Å². The zero-order valence-corrected chi connectivity index (χ0v) is 13.2. The molecule has 0 saturated carbocycles. The van der Waals surface area contributed by atoms with Gasteiger partial charge in [-0.05, 0) is 31.5 Å².